The van der Waals surface area contributed by atoms with Gasteiger partial charge in [-0.1, -0.05) is 198 Å². The minimum atomic E-state index is 0.244. The Morgan fingerprint density at radius 1 is 0.277 bits per heavy atom. The summed E-state index contributed by atoms with van der Waals surface area (Å²) in [5.41, 5.74) is 27.9. The smallest absolute Gasteiger partial charge is 0.0543 e. The molecule has 0 atom stereocenters. The van der Waals surface area contributed by atoms with Gasteiger partial charge in [-0.15, -0.1) is 0 Å². The van der Waals surface area contributed by atoms with Crippen LogP contribution < -0.4 is 9.80 Å². The quantitative estimate of drug-likeness (QED) is 0.113. The molecule has 2 heterocycles. The van der Waals surface area contributed by atoms with Crippen molar-refractivity contribution in [2.24, 2.45) is 0 Å². The number of rotatable bonds is 12. The molecule has 18 rings (SSSR count). The minimum absolute atomic E-state index is 0.244. The first-order valence-electron chi connectivity index (χ1n) is 34.3. The third kappa shape index (κ3) is 9.01. The highest BCUT2D eigenvalue weighted by Crippen LogP contribution is 2.54. The van der Waals surface area contributed by atoms with Crippen molar-refractivity contribution in [1.29, 1.82) is 0 Å². The van der Waals surface area contributed by atoms with Gasteiger partial charge >= 0.3 is 0 Å². The molecular weight excluding hydrogens is 1140 g/mol. The van der Waals surface area contributed by atoms with E-state index in [-0.39, 0.29) is 11.8 Å². The summed E-state index contributed by atoms with van der Waals surface area (Å²) in [5.74, 6) is 0.487. The monoisotopic (exact) mass is 1210 g/mol. The molecule has 2 aliphatic carbocycles. The molecule has 2 aromatic heterocycles. The Labute approximate surface area is 550 Å². The summed E-state index contributed by atoms with van der Waals surface area (Å²) in [5, 5.41) is 12.9. The van der Waals surface area contributed by atoms with Crippen LogP contribution in [0, 0.1) is 0 Å². The summed E-state index contributed by atoms with van der Waals surface area (Å²) in [6.45, 7) is 9.60. The van der Waals surface area contributed by atoms with Crippen molar-refractivity contribution in [1.82, 2.24) is 9.13 Å². The Hall–Kier alpha value is -10.7. The topological polar surface area (TPSA) is 16.3 Å². The molecule has 4 nitrogen and oxygen atoms in total. The number of anilines is 6. The molecule has 0 N–H and O–H groups in total. The zero-order valence-corrected chi connectivity index (χ0v) is 54.0. The van der Waals surface area contributed by atoms with Gasteiger partial charge in [0, 0.05) is 66.4 Å². The Morgan fingerprint density at radius 2 is 0.660 bits per heavy atom. The Bertz CT molecular complexity index is 5300. The van der Waals surface area contributed by atoms with Gasteiger partial charge in [0.15, 0.2) is 0 Å². The van der Waals surface area contributed by atoms with Crippen LogP contribution in [0.15, 0.2) is 267 Å². The predicted octanol–water partition coefficient (Wildman–Crippen LogP) is 25.1. The lowest BCUT2D eigenvalue weighted by Crippen LogP contribution is -2.17. The predicted molar refractivity (Wildman–Crippen MR) is 401 cm³/mol. The molecule has 0 saturated heterocycles. The average molecular weight is 1210 g/mol. The summed E-state index contributed by atoms with van der Waals surface area (Å²) in [4.78, 5) is 5.36. The number of aryl methyl sites for hydroxylation is 2. The molecular formula is C90H74N4. The van der Waals surface area contributed by atoms with Crippen molar-refractivity contribution in [3.63, 3.8) is 0 Å². The summed E-state index contributed by atoms with van der Waals surface area (Å²) in [7, 11) is 0. The second-order valence-electron chi connectivity index (χ2n) is 27.2. The maximum Gasteiger partial charge on any atom is 0.0543 e. The van der Waals surface area contributed by atoms with E-state index >= 15 is 0 Å². The molecule has 14 aromatic carbocycles. The minimum Gasteiger partial charge on any atom is -0.310 e. The van der Waals surface area contributed by atoms with Crippen molar-refractivity contribution < 1.29 is 0 Å². The maximum atomic E-state index is 2.68. The van der Waals surface area contributed by atoms with Gasteiger partial charge < -0.3 is 18.9 Å². The highest BCUT2D eigenvalue weighted by molar-refractivity contribution is 6.30. The largest absolute Gasteiger partial charge is 0.310 e. The Balaban J connectivity index is 0.886. The number of hydrogen-bond donors (Lipinski definition) is 0. The van der Waals surface area contributed by atoms with Crippen molar-refractivity contribution in [2.75, 3.05) is 9.80 Å². The molecule has 0 bridgehead atoms. The zero-order valence-electron chi connectivity index (χ0n) is 54.0. The standard InChI is InChI=1S/C90H74N4/c1-57(2)77-55-87(93(81-41-21-29-61-27-11-13-35-69(61)81)67-43-49-85-79(53-67)71-37-15-17-39-83(71)91(85)65-33-19-31-63(51-65)59-23-7-5-8-24-59)75-48-46-74-78(58(3)4)56-88(76-47-45-73(77)89(75)90(74)76)94(82-42-22-30-62-28-12-14-36-70(62)82)68-44-50-86-80(54-68)72-38-16-18-40-84(72)92(86)66-34-20-32-64(52-66)60-25-9-6-10-26-60/h5-10,15-26,29-34,37-58H,11-14,27-28,35-36H2,1-4H3. The maximum absolute atomic E-state index is 2.68. The SMILES string of the molecule is CC(C)c1cc(N(c2ccc3c(c2)c2ccccc2n3-c2cccc(-c3ccccc3)c2)c2cccc3c2CCCC3)c2ccc3c(C(C)C)cc(N(c4ccc5c(c4)c4ccccc4n5-c4cccc(-c5ccccc5)c4)c4cccc5c4CCCC5)c4ccc1c2c34. The Kier molecular flexibility index (Phi) is 13.5. The lowest BCUT2D eigenvalue weighted by Gasteiger charge is -2.34. The summed E-state index contributed by atoms with van der Waals surface area (Å²) >= 11 is 0. The lowest BCUT2D eigenvalue weighted by molar-refractivity contribution is 0.686. The number of hydrogen-bond acceptors (Lipinski definition) is 2. The van der Waals surface area contributed by atoms with Crippen LogP contribution >= 0.6 is 0 Å². The van der Waals surface area contributed by atoms with Gasteiger partial charge in [-0.05, 0) is 237 Å². The first kappa shape index (κ1) is 56.1. The summed E-state index contributed by atoms with van der Waals surface area (Å²) in [6.07, 6.45) is 9.10. The van der Waals surface area contributed by atoms with Gasteiger partial charge in [0.1, 0.15) is 0 Å². The van der Waals surface area contributed by atoms with Crippen molar-refractivity contribution >= 4 is 110 Å². The van der Waals surface area contributed by atoms with Crippen LogP contribution in [-0.2, 0) is 25.7 Å². The van der Waals surface area contributed by atoms with Crippen LogP contribution in [0.25, 0.3) is 110 Å². The van der Waals surface area contributed by atoms with Crippen molar-refractivity contribution in [3.8, 4) is 33.6 Å². The van der Waals surface area contributed by atoms with Crippen LogP contribution in [0.3, 0.4) is 0 Å². The number of nitrogens with zero attached hydrogens (tertiary/aromatic N) is 4. The van der Waals surface area contributed by atoms with Crippen LogP contribution in [0.4, 0.5) is 34.1 Å². The van der Waals surface area contributed by atoms with E-state index in [2.05, 4.69) is 314 Å². The fourth-order valence-electron chi connectivity index (χ4n) is 16.8. The fraction of sp³-hybridized carbons (Fsp3) is 0.156. The molecule has 0 amide bonds. The van der Waals surface area contributed by atoms with Crippen molar-refractivity contribution in [2.45, 2.75) is 90.9 Å². The third-order valence-electron chi connectivity index (χ3n) is 21.1. The number of para-hydroxylation sites is 2. The molecule has 94 heavy (non-hydrogen) atoms. The second-order valence-corrected chi connectivity index (χ2v) is 27.2. The van der Waals surface area contributed by atoms with Gasteiger partial charge in [-0.2, -0.15) is 0 Å². The van der Waals surface area contributed by atoms with Crippen LogP contribution in [-0.4, -0.2) is 9.13 Å². The summed E-state index contributed by atoms with van der Waals surface area (Å²) < 4.78 is 4.95. The number of benzene rings is 14. The third-order valence-corrected chi connectivity index (χ3v) is 21.1. The molecule has 0 aliphatic heterocycles. The lowest BCUT2D eigenvalue weighted by atomic mass is 9.83. The number of fused-ring (bicyclic) bond motifs is 8. The molecule has 0 saturated carbocycles. The first-order chi connectivity index (χ1) is 46.3. The first-order valence-corrected chi connectivity index (χ1v) is 34.3. The average Bonchev–Trinajstić information content (AvgIpc) is 0.772. The van der Waals surface area contributed by atoms with Gasteiger partial charge in [-0.3, -0.25) is 0 Å². The van der Waals surface area contributed by atoms with E-state index in [1.807, 2.05) is 0 Å². The fourth-order valence-corrected chi connectivity index (χ4v) is 16.8. The van der Waals surface area contributed by atoms with E-state index < -0.39 is 0 Å². The van der Waals surface area contributed by atoms with E-state index in [0.717, 1.165) is 37.1 Å². The van der Waals surface area contributed by atoms with Gasteiger partial charge in [0.05, 0.1) is 33.4 Å². The molecule has 0 radical (unpaired) electrons. The second kappa shape index (κ2) is 22.6. The van der Waals surface area contributed by atoms with E-state index in [9.17, 15) is 0 Å². The van der Waals surface area contributed by atoms with Gasteiger partial charge in [0.25, 0.3) is 0 Å². The van der Waals surface area contributed by atoms with E-state index in [4.69, 9.17) is 0 Å². The van der Waals surface area contributed by atoms with Crippen molar-refractivity contribution in [3.05, 3.63) is 300 Å². The van der Waals surface area contributed by atoms with E-state index in [1.54, 1.807) is 0 Å². The van der Waals surface area contributed by atoms with Crippen LogP contribution in [0.5, 0.6) is 0 Å². The molecule has 16 aromatic rings. The molecule has 454 valence electrons. The molecule has 0 spiro atoms. The van der Waals surface area contributed by atoms with Crippen LogP contribution in [0.2, 0.25) is 0 Å². The highest BCUT2D eigenvalue weighted by atomic mass is 15.2. The van der Waals surface area contributed by atoms with E-state index in [1.165, 1.54) is 191 Å². The molecule has 4 heteroatoms. The summed E-state index contributed by atoms with van der Waals surface area (Å²) in [6, 6.07) is 102. The molecule has 2 aliphatic rings. The van der Waals surface area contributed by atoms with Crippen LogP contribution in [0.1, 0.15) is 98.6 Å². The molecule has 0 unspecified atom stereocenters. The zero-order chi connectivity index (χ0) is 62.7. The normalized spacial score (nSPS) is 13.4. The van der Waals surface area contributed by atoms with Gasteiger partial charge in [-0.25, -0.2) is 0 Å². The number of aromatic nitrogens is 2. The Morgan fingerprint density at radius 3 is 1.11 bits per heavy atom. The van der Waals surface area contributed by atoms with E-state index in [0.29, 0.717) is 0 Å². The highest BCUT2D eigenvalue weighted by Gasteiger charge is 2.30. The van der Waals surface area contributed by atoms with Gasteiger partial charge in [0.2, 0.25) is 0 Å². The molecule has 0 fully saturated rings.